The Morgan fingerprint density at radius 2 is 0.935 bits per heavy atom. The summed E-state index contributed by atoms with van der Waals surface area (Å²) in [5.74, 6) is 1.71. The van der Waals surface area contributed by atoms with Crippen LogP contribution in [0.25, 0.3) is 45.1 Å². The Morgan fingerprint density at radius 1 is 0.500 bits per heavy atom. The van der Waals surface area contributed by atoms with E-state index in [0.29, 0.717) is 13.2 Å². The van der Waals surface area contributed by atoms with Gasteiger partial charge in [-0.3, -0.25) is 0 Å². The van der Waals surface area contributed by atoms with E-state index in [-0.39, 0.29) is 78.1 Å². The Hall–Kier alpha value is -1.33. The van der Waals surface area contributed by atoms with Gasteiger partial charge in [0.1, 0.15) is 11.4 Å². The monoisotopic (exact) mass is 814 g/mol. The molecule has 0 spiro atoms. The van der Waals surface area contributed by atoms with Gasteiger partial charge in [0.05, 0.1) is 35.3 Å². The zero-order valence-electron chi connectivity index (χ0n) is 26.9. The molecule has 0 bridgehead atoms. The minimum absolute atomic E-state index is 0. The smallest absolute Gasteiger partial charge is 1.00 e. The summed E-state index contributed by atoms with van der Waals surface area (Å²) in [7, 11) is 0. The molecule has 0 fully saturated rings. The molecule has 5 aromatic rings. The molecular formula is C35H45Cl3N5NdO2. The summed E-state index contributed by atoms with van der Waals surface area (Å²) in [6.45, 7) is 8.81. The molecule has 46 heavy (non-hydrogen) atoms. The van der Waals surface area contributed by atoms with Crippen molar-refractivity contribution in [1.82, 2.24) is 24.1 Å². The molecule has 11 heteroatoms. The van der Waals surface area contributed by atoms with Crippen molar-refractivity contribution in [3.05, 3.63) is 66.7 Å². The van der Waals surface area contributed by atoms with Gasteiger partial charge in [0.15, 0.2) is 11.6 Å². The molecule has 0 amide bonds. The number of unbranched alkanes of at least 4 members (excludes halogenated alkanes) is 6. The maximum atomic E-state index is 6.02. The van der Waals surface area contributed by atoms with Crippen molar-refractivity contribution in [2.45, 2.75) is 78.3 Å². The van der Waals surface area contributed by atoms with Crippen molar-refractivity contribution in [1.29, 1.82) is 0 Å². The number of hydrogen-bond acceptors (Lipinski definition) is 5. The summed E-state index contributed by atoms with van der Waals surface area (Å²) < 4.78 is 16.5. The first-order valence-corrected chi connectivity index (χ1v) is 15.8. The van der Waals surface area contributed by atoms with Crippen LogP contribution >= 0.6 is 0 Å². The number of pyridine rings is 1. The Labute approximate surface area is 325 Å². The molecule has 0 aliphatic heterocycles. The summed E-state index contributed by atoms with van der Waals surface area (Å²) in [4.78, 5) is 15.2. The maximum absolute atomic E-state index is 6.02. The number of fused-ring (bicyclic) bond motifs is 2. The Bertz CT molecular complexity index is 1450. The molecule has 0 N–H and O–H groups in total. The van der Waals surface area contributed by atoms with Crippen LogP contribution < -0.4 is 37.2 Å². The Morgan fingerprint density at radius 3 is 1.37 bits per heavy atom. The normalized spacial score (nSPS) is 10.7. The molecule has 0 unspecified atom stereocenters. The van der Waals surface area contributed by atoms with Gasteiger partial charge in [0, 0.05) is 26.3 Å². The summed E-state index contributed by atoms with van der Waals surface area (Å²) in [6.07, 6.45) is 9.67. The van der Waals surface area contributed by atoms with E-state index in [1.807, 2.05) is 24.3 Å². The van der Waals surface area contributed by atoms with Crippen molar-refractivity contribution >= 4 is 22.1 Å². The second kappa shape index (κ2) is 23.1. The van der Waals surface area contributed by atoms with Crippen LogP contribution in [0.1, 0.15) is 65.2 Å². The number of hydrogen-bond donors (Lipinski definition) is 0. The number of aromatic nitrogens is 5. The van der Waals surface area contributed by atoms with E-state index in [9.17, 15) is 0 Å². The zero-order chi connectivity index (χ0) is 29.0. The average molecular weight is 818 g/mol. The fourth-order valence-electron chi connectivity index (χ4n) is 5.46. The van der Waals surface area contributed by atoms with E-state index in [0.717, 1.165) is 84.2 Å². The number of imidazole rings is 2. The molecule has 2 aromatic carbocycles. The summed E-state index contributed by atoms with van der Waals surface area (Å²) in [6, 6.07) is 22.7. The van der Waals surface area contributed by atoms with E-state index < -0.39 is 0 Å². The fourth-order valence-corrected chi connectivity index (χ4v) is 5.46. The zero-order valence-corrected chi connectivity index (χ0v) is 32.4. The number of nitrogens with zero attached hydrogens (tertiary/aromatic N) is 5. The van der Waals surface area contributed by atoms with Gasteiger partial charge >= 0.3 is 40.8 Å². The van der Waals surface area contributed by atoms with Gasteiger partial charge in [-0.05, 0) is 49.2 Å². The molecular weight excluding hydrogens is 773 g/mol. The van der Waals surface area contributed by atoms with Crippen LogP contribution in [0.2, 0.25) is 0 Å². The molecule has 3 heterocycles. The minimum atomic E-state index is 0. The van der Waals surface area contributed by atoms with Crippen LogP contribution in [0.4, 0.5) is 0 Å². The molecule has 0 aliphatic carbocycles. The molecule has 0 saturated carbocycles. The predicted octanol–water partition coefficient (Wildman–Crippen LogP) is -0.679. The third kappa shape index (κ3) is 11.4. The Balaban J connectivity index is 0.00000264. The van der Waals surface area contributed by atoms with Gasteiger partial charge < -0.3 is 55.8 Å². The molecule has 7 nitrogen and oxygen atoms in total. The van der Waals surface area contributed by atoms with Gasteiger partial charge in [-0.1, -0.05) is 82.7 Å². The minimum Gasteiger partial charge on any atom is -1.00 e. The summed E-state index contributed by atoms with van der Waals surface area (Å²) in [5, 5.41) is 0. The van der Waals surface area contributed by atoms with Crippen LogP contribution in [0, 0.1) is 40.8 Å². The standard InChI is InChI=1S/C35H45N5O2.3ClH.Nd/c1-3-5-7-13-24-41-26-22-39-32-20-11-9-16-28(32)37-34(39)30-18-15-19-31(36-30)35-38-29-17-10-12-21-33(29)40(35)23-27-42-25-14-8-6-4-2;;;;/h9-12,15-21H,3-8,13-14,22-27H2,1-2H3;3*1H;/q;;;;+3/p-3. The van der Waals surface area contributed by atoms with Crippen molar-refractivity contribution in [3.8, 4) is 23.0 Å². The number of para-hydroxylation sites is 4. The molecule has 3 aromatic heterocycles. The van der Waals surface area contributed by atoms with E-state index in [1.54, 1.807) is 0 Å². The predicted molar refractivity (Wildman–Crippen MR) is 172 cm³/mol. The first-order valence-electron chi connectivity index (χ1n) is 15.8. The summed E-state index contributed by atoms with van der Waals surface area (Å²) >= 11 is 0. The first-order chi connectivity index (χ1) is 20.8. The van der Waals surface area contributed by atoms with Gasteiger partial charge in [0.25, 0.3) is 0 Å². The molecule has 0 aliphatic rings. The molecule has 0 atom stereocenters. The SMILES string of the molecule is CCCCCCOCCn1c(-c2cccc(-c3nc4ccccc4n3CCOCCCCCC)n2)nc2ccccc21.[Cl-].[Cl-].[Cl-].[Nd+3]. The van der Waals surface area contributed by atoms with Crippen LogP contribution in [0.3, 0.4) is 0 Å². The third-order valence-electron chi connectivity index (χ3n) is 7.72. The average Bonchev–Trinajstić information content (AvgIpc) is 3.59. The second-order valence-electron chi connectivity index (χ2n) is 10.9. The van der Waals surface area contributed by atoms with Gasteiger partial charge in [-0.2, -0.15) is 0 Å². The van der Waals surface area contributed by atoms with Gasteiger partial charge in [-0.15, -0.1) is 0 Å². The van der Waals surface area contributed by atoms with Crippen molar-refractivity contribution in [3.63, 3.8) is 0 Å². The number of rotatable bonds is 18. The third-order valence-corrected chi connectivity index (χ3v) is 7.72. The quantitative estimate of drug-likeness (QED) is 0.110. The Kier molecular flexibility index (Phi) is 21.4. The van der Waals surface area contributed by atoms with Crippen LogP contribution in [0.5, 0.6) is 0 Å². The first kappa shape index (κ1) is 42.7. The van der Waals surface area contributed by atoms with E-state index in [4.69, 9.17) is 24.4 Å². The van der Waals surface area contributed by atoms with Crippen LogP contribution in [-0.2, 0) is 22.6 Å². The summed E-state index contributed by atoms with van der Waals surface area (Å²) in [5.41, 5.74) is 5.78. The maximum Gasteiger partial charge on any atom is 3.00 e. The topological polar surface area (TPSA) is 67.0 Å². The molecule has 5 rings (SSSR count). The van der Waals surface area contributed by atoms with Crippen molar-refractivity contribution in [2.75, 3.05) is 26.4 Å². The number of halogens is 3. The second-order valence-corrected chi connectivity index (χ2v) is 10.9. The van der Waals surface area contributed by atoms with Crippen molar-refractivity contribution < 1.29 is 87.5 Å². The van der Waals surface area contributed by atoms with Gasteiger partial charge in [-0.25, -0.2) is 15.0 Å². The van der Waals surface area contributed by atoms with E-state index in [2.05, 4.69) is 65.4 Å². The van der Waals surface area contributed by atoms with E-state index in [1.165, 1.54) is 38.5 Å². The molecule has 0 saturated heterocycles. The largest absolute Gasteiger partial charge is 3.00 e. The van der Waals surface area contributed by atoms with Crippen LogP contribution in [0.15, 0.2) is 66.7 Å². The van der Waals surface area contributed by atoms with E-state index >= 15 is 0 Å². The molecule has 247 valence electrons. The van der Waals surface area contributed by atoms with Gasteiger partial charge in [0.2, 0.25) is 0 Å². The number of ether oxygens (including phenoxy) is 2. The van der Waals surface area contributed by atoms with Crippen LogP contribution in [-0.4, -0.2) is 50.5 Å². The fraction of sp³-hybridized carbons (Fsp3) is 0.457. The number of benzene rings is 2. The van der Waals surface area contributed by atoms with Crippen molar-refractivity contribution in [2.24, 2.45) is 0 Å². The molecule has 1 radical (unpaired) electrons.